The lowest BCUT2D eigenvalue weighted by atomic mass is 10.3. The molecule has 78 valence electrons. The molecule has 1 heterocycles. The van der Waals surface area contributed by atoms with Gasteiger partial charge < -0.3 is 10.5 Å². The molecule has 0 unspecified atom stereocenters. The zero-order valence-corrected chi connectivity index (χ0v) is 8.54. The SMILES string of the molecule is CN(CN)CCCN1CCOCC1. The number of hydrogen-bond donors (Lipinski definition) is 1. The molecule has 1 rings (SSSR count). The first-order chi connectivity index (χ1) is 6.33. The standard InChI is InChI=1S/C9H21N3O/c1-11(9-10)3-2-4-12-5-7-13-8-6-12/h2-10H2,1H3. The first-order valence-corrected chi connectivity index (χ1v) is 5.01. The Balaban J connectivity index is 1.98. The largest absolute Gasteiger partial charge is 0.379 e. The average Bonchev–Trinajstić information content (AvgIpc) is 2.19. The third-order valence-corrected chi connectivity index (χ3v) is 2.43. The van der Waals surface area contributed by atoms with E-state index < -0.39 is 0 Å². The summed E-state index contributed by atoms with van der Waals surface area (Å²) in [6, 6.07) is 0. The molecule has 0 spiro atoms. The van der Waals surface area contributed by atoms with Crippen molar-refractivity contribution >= 4 is 0 Å². The predicted molar refractivity (Wildman–Crippen MR) is 53.6 cm³/mol. The first-order valence-electron chi connectivity index (χ1n) is 5.01. The molecule has 0 aromatic rings. The van der Waals surface area contributed by atoms with Crippen LogP contribution in [0.2, 0.25) is 0 Å². The molecule has 0 bridgehead atoms. The van der Waals surface area contributed by atoms with Crippen LogP contribution in [0.4, 0.5) is 0 Å². The van der Waals surface area contributed by atoms with Crippen LogP contribution in [0.5, 0.6) is 0 Å². The summed E-state index contributed by atoms with van der Waals surface area (Å²) in [7, 11) is 2.05. The first kappa shape index (κ1) is 10.9. The summed E-state index contributed by atoms with van der Waals surface area (Å²) in [5, 5.41) is 0. The molecule has 0 amide bonds. The van der Waals surface area contributed by atoms with Crippen molar-refractivity contribution in [1.82, 2.24) is 9.80 Å². The topological polar surface area (TPSA) is 41.7 Å². The monoisotopic (exact) mass is 187 g/mol. The number of hydrogen-bond acceptors (Lipinski definition) is 4. The second-order valence-corrected chi connectivity index (χ2v) is 3.57. The van der Waals surface area contributed by atoms with Crippen LogP contribution >= 0.6 is 0 Å². The Morgan fingerprint density at radius 2 is 2.08 bits per heavy atom. The van der Waals surface area contributed by atoms with Crippen molar-refractivity contribution in [3.05, 3.63) is 0 Å². The molecule has 0 aliphatic carbocycles. The summed E-state index contributed by atoms with van der Waals surface area (Å²) in [5.41, 5.74) is 5.48. The molecule has 0 atom stereocenters. The summed E-state index contributed by atoms with van der Waals surface area (Å²) in [5.74, 6) is 0. The lowest BCUT2D eigenvalue weighted by Gasteiger charge is -2.27. The number of nitrogens with two attached hydrogens (primary N) is 1. The third-order valence-electron chi connectivity index (χ3n) is 2.43. The van der Waals surface area contributed by atoms with Crippen LogP contribution in [-0.4, -0.2) is 62.9 Å². The molecular weight excluding hydrogens is 166 g/mol. The van der Waals surface area contributed by atoms with Gasteiger partial charge >= 0.3 is 0 Å². The van der Waals surface area contributed by atoms with Crippen LogP contribution in [0.15, 0.2) is 0 Å². The molecule has 1 aliphatic rings. The smallest absolute Gasteiger partial charge is 0.0594 e. The van der Waals surface area contributed by atoms with Gasteiger partial charge in [0.2, 0.25) is 0 Å². The Bertz CT molecular complexity index is 126. The van der Waals surface area contributed by atoms with Gasteiger partial charge in [-0.3, -0.25) is 9.80 Å². The van der Waals surface area contributed by atoms with Crippen molar-refractivity contribution in [1.29, 1.82) is 0 Å². The maximum absolute atomic E-state index is 5.48. The molecular formula is C9H21N3O. The number of rotatable bonds is 5. The minimum Gasteiger partial charge on any atom is -0.379 e. The van der Waals surface area contributed by atoms with Gasteiger partial charge in [0.1, 0.15) is 0 Å². The van der Waals surface area contributed by atoms with Gasteiger partial charge in [0.05, 0.1) is 13.2 Å². The van der Waals surface area contributed by atoms with Gasteiger partial charge in [-0.15, -0.1) is 0 Å². The zero-order valence-electron chi connectivity index (χ0n) is 8.54. The van der Waals surface area contributed by atoms with Crippen LogP contribution in [-0.2, 0) is 4.74 Å². The van der Waals surface area contributed by atoms with E-state index in [-0.39, 0.29) is 0 Å². The summed E-state index contributed by atoms with van der Waals surface area (Å²) >= 11 is 0. The summed E-state index contributed by atoms with van der Waals surface area (Å²) in [4.78, 5) is 4.59. The van der Waals surface area contributed by atoms with E-state index in [0.29, 0.717) is 6.67 Å². The van der Waals surface area contributed by atoms with Crippen molar-refractivity contribution in [2.45, 2.75) is 6.42 Å². The van der Waals surface area contributed by atoms with Crippen molar-refractivity contribution in [3.63, 3.8) is 0 Å². The van der Waals surface area contributed by atoms with E-state index in [1.165, 1.54) is 13.0 Å². The fraction of sp³-hybridized carbons (Fsp3) is 1.00. The molecule has 4 heteroatoms. The zero-order chi connectivity index (χ0) is 9.52. The van der Waals surface area contributed by atoms with Crippen molar-refractivity contribution in [2.75, 3.05) is 53.1 Å². The highest BCUT2D eigenvalue weighted by molar-refractivity contribution is 4.62. The Labute approximate surface area is 80.6 Å². The molecule has 1 aliphatic heterocycles. The van der Waals surface area contributed by atoms with Gasteiger partial charge in [-0.25, -0.2) is 0 Å². The molecule has 0 aromatic carbocycles. The fourth-order valence-corrected chi connectivity index (χ4v) is 1.48. The molecule has 1 fully saturated rings. The molecule has 0 saturated carbocycles. The van der Waals surface area contributed by atoms with Crippen molar-refractivity contribution in [2.24, 2.45) is 5.73 Å². The minimum atomic E-state index is 0.656. The highest BCUT2D eigenvalue weighted by Gasteiger charge is 2.09. The molecule has 1 saturated heterocycles. The van der Waals surface area contributed by atoms with Crippen LogP contribution in [0.25, 0.3) is 0 Å². The van der Waals surface area contributed by atoms with Crippen LogP contribution in [0.1, 0.15) is 6.42 Å². The van der Waals surface area contributed by atoms with Gasteiger partial charge in [-0.05, 0) is 20.0 Å². The predicted octanol–water partition coefficient (Wildman–Crippen LogP) is -0.443. The highest BCUT2D eigenvalue weighted by Crippen LogP contribution is 1.98. The van der Waals surface area contributed by atoms with Gasteiger partial charge in [0.15, 0.2) is 0 Å². The van der Waals surface area contributed by atoms with E-state index in [1.807, 2.05) is 0 Å². The fourth-order valence-electron chi connectivity index (χ4n) is 1.48. The normalized spacial score (nSPS) is 19.6. The van der Waals surface area contributed by atoms with Crippen molar-refractivity contribution in [3.8, 4) is 0 Å². The Hall–Kier alpha value is -0.160. The number of nitrogens with zero attached hydrogens (tertiary/aromatic N) is 2. The molecule has 2 N–H and O–H groups in total. The van der Waals surface area contributed by atoms with Crippen LogP contribution in [0, 0.1) is 0 Å². The van der Waals surface area contributed by atoms with E-state index in [0.717, 1.165) is 32.8 Å². The van der Waals surface area contributed by atoms with Gasteiger partial charge in [0, 0.05) is 26.3 Å². The highest BCUT2D eigenvalue weighted by atomic mass is 16.5. The quantitative estimate of drug-likeness (QED) is 0.592. The molecule has 13 heavy (non-hydrogen) atoms. The van der Waals surface area contributed by atoms with E-state index in [9.17, 15) is 0 Å². The second-order valence-electron chi connectivity index (χ2n) is 3.57. The molecule has 0 aromatic heterocycles. The summed E-state index contributed by atoms with van der Waals surface area (Å²) in [6.07, 6.45) is 1.20. The second kappa shape index (κ2) is 6.32. The Morgan fingerprint density at radius 1 is 1.38 bits per heavy atom. The lowest BCUT2D eigenvalue weighted by Crippen LogP contribution is -2.38. The van der Waals surface area contributed by atoms with Gasteiger partial charge in [-0.1, -0.05) is 0 Å². The van der Waals surface area contributed by atoms with Gasteiger partial charge in [0.25, 0.3) is 0 Å². The van der Waals surface area contributed by atoms with Crippen LogP contribution < -0.4 is 5.73 Å². The van der Waals surface area contributed by atoms with Crippen LogP contribution in [0.3, 0.4) is 0 Å². The number of ether oxygens (including phenoxy) is 1. The van der Waals surface area contributed by atoms with E-state index in [2.05, 4.69) is 16.8 Å². The maximum Gasteiger partial charge on any atom is 0.0594 e. The Kier molecular flexibility index (Phi) is 5.31. The summed E-state index contributed by atoms with van der Waals surface area (Å²) in [6.45, 7) is 6.89. The van der Waals surface area contributed by atoms with Crippen molar-refractivity contribution < 1.29 is 4.74 Å². The summed E-state index contributed by atoms with van der Waals surface area (Å²) < 4.78 is 5.28. The Morgan fingerprint density at radius 3 is 2.69 bits per heavy atom. The maximum atomic E-state index is 5.48. The molecule has 0 radical (unpaired) electrons. The van der Waals surface area contributed by atoms with E-state index in [1.54, 1.807) is 0 Å². The minimum absolute atomic E-state index is 0.656. The van der Waals surface area contributed by atoms with Gasteiger partial charge in [-0.2, -0.15) is 0 Å². The lowest BCUT2D eigenvalue weighted by molar-refractivity contribution is 0.0364. The third kappa shape index (κ3) is 4.57. The van der Waals surface area contributed by atoms with E-state index >= 15 is 0 Å². The molecule has 4 nitrogen and oxygen atoms in total. The number of morpholine rings is 1. The van der Waals surface area contributed by atoms with E-state index in [4.69, 9.17) is 10.5 Å². The average molecular weight is 187 g/mol.